The minimum atomic E-state index is -0.496. The molecule has 3 nitrogen and oxygen atoms in total. The van der Waals surface area contributed by atoms with Gasteiger partial charge in [0.25, 0.3) is 0 Å². The van der Waals surface area contributed by atoms with Crippen LogP contribution in [0, 0.1) is 0 Å². The summed E-state index contributed by atoms with van der Waals surface area (Å²) in [5.41, 5.74) is 14.9. The molecule has 282 valence electrons. The lowest BCUT2D eigenvalue weighted by Crippen LogP contribution is -2.28. The molecule has 2 aliphatic rings. The Hall–Kier alpha value is -7.14. The number of nitrogens with zero attached hydrogens (tertiary/aromatic N) is 1. The predicted octanol–water partition coefficient (Wildman–Crippen LogP) is 14.4. The molecule has 0 N–H and O–H groups in total. The first kappa shape index (κ1) is 35.1. The van der Waals surface area contributed by atoms with E-state index in [1.165, 1.54) is 38.9 Å². The van der Waals surface area contributed by atoms with Gasteiger partial charge in [-0.3, -0.25) is 4.90 Å². The first-order chi connectivity index (χ1) is 29.3. The highest BCUT2D eigenvalue weighted by molar-refractivity contribution is 7.20. The van der Waals surface area contributed by atoms with Crippen LogP contribution in [0.2, 0.25) is 0 Å². The van der Waals surface area contributed by atoms with E-state index in [-0.39, 0.29) is 0 Å². The van der Waals surface area contributed by atoms with Crippen LogP contribution >= 0.6 is 11.3 Å². The summed E-state index contributed by atoms with van der Waals surface area (Å²) in [6, 6.07) is 76.8. The van der Waals surface area contributed by atoms with Crippen LogP contribution in [0.5, 0.6) is 11.5 Å². The molecule has 1 aliphatic carbocycles. The summed E-state index contributed by atoms with van der Waals surface area (Å²) in [5.74, 6) is 1.57. The van der Waals surface area contributed by atoms with Gasteiger partial charge in [-0.25, -0.2) is 0 Å². The summed E-state index contributed by atoms with van der Waals surface area (Å²) in [7, 11) is 0. The fourth-order valence-corrected chi connectivity index (χ4v) is 10.4. The molecule has 0 saturated heterocycles. The Balaban J connectivity index is 1.16. The van der Waals surface area contributed by atoms with E-state index in [9.17, 15) is 0 Å². The van der Waals surface area contributed by atoms with E-state index >= 15 is 0 Å². The lowest BCUT2D eigenvalue weighted by molar-refractivity contribution is 0.175. The van der Waals surface area contributed by atoms with E-state index in [2.05, 4.69) is 217 Å². The Bertz CT molecular complexity index is 2880. The number of hydrogen-bond donors (Lipinski definition) is 0. The third-order valence-corrected chi connectivity index (χ3v) is 13.0. The first-order valence-corrected chi connectivity index (χ1v) is 21.0. The number of thiophene rings is 1. The largest absolute Gasteiger partial charge is 0.485 e. The van der Waals surface area contributed by atoms with E-state index < -0.39 is 5.41 Å². The van der Waals surface area contributed by atoms with Crippen LogP contribution in [0.1, 0.15) is 22.3 Å². The minimum absolute atomic E-state index is 0.481. The number of rotatable bonds is 8. The van der Waals surface area contributed by atoms with Crippen molar-refractivity contribution in [2.75, 3.05) is 18.1 Å². The molecule has 0 unspecified atom stereocenters. The Morgan fingerprint density at radius 1 is 0.407 bits per heavy atom. The van der Waals surface area contributed by atoms with E-state index in [4.69, 9.17) is 9.47 Å². The van der Waals surface area contributed by atoms with E-state index in [1.807, 2.05) is 0 Å². The lowest BCUT2D eigenvalue weighted by atomic mass is 9.68. The van der Waals surface area contributed by atoms with Gasteiger partial charge in [-0.05, 0) is 79.9 Å². The summed E-state index contributed by atoms with van der Waals surface area (Å²) < 4.78 is 13.1. The average Bonchev–Trinajstić information content (AvgIpc) is 3.85. The van der Waals surface area contributed by atoms with Crippen LogP contribution in [0.3, 0.4) is 0 Å². The van der Waals surface area contributed by atoms with Gasteiger partial charge in [0.1, 0.15) is 18.2 Å². The van der Waals surface area contributed by atoms with Crippen molar-refractivity contribution in [3.05, 3.63) is 235 Å². The molecule has 59 heavy (non-hydrogen) atoms. The van der Waals surface area contributed by atoms with Gasteiger partial charge in [-0.2, -0.15) is 0 Å². The van der Waals surface area contributed by atoms with Crippen LogP contribution in [-0.4, -0.2) is 13.2 Å². The predicted molar refractivity (Wildman–Crippen MR) is 244 cm³/mol. The number of anilines is 3. The average molecular weight is 778 g/mol. The topological polar surface area (TPSA) is 21.7 Å². The van der Waals surface area contributed by atoms with Gasteiger partial charge >= 0.3 is 0 Å². The number of benzene rings is 8. The highest BCUT2D eigenvalue weighted by Crippen LogP contribution is 2.59. The normalized spacial score (nSPS) is 13.4. The van der Waals surface area contributed by atoms with Crippen molar-refractivity contribution in [2.45, 2.75) is 5.41 Å². The van der Waals surface area contributed by atoms with Crippen molar-refractivity contribution in [3.63, 3.8) is 0 Å². The molecule has 1 aromatic heterocycles. The fraction of sp³-hybridized carbons (Fsp3) is 0.0545. The Morgan fingerprint density at radius 3 is 1.54 bits per heavy atom. The van der Waals surface area contributed by atoms with Gasteiger partial charge in [-0.15, -0.1) is 11.3 Å². The number of hydrogen-bond acceptors (Lipinski definition) is 4. The summed E-state index contributed by atoms with van der Waals surface area (Å²) in [5, 5.41) is 0.977. The Morgan fingerprint density at radius 2 is 0.915 bits per heavy atom. The van der Waals surface area contributed by atoms with Crippen LogP contribution in [0.4, 0.5) is 16.4 Å². The molecule has 11 rings (SSSR count). The molecule has 8 aromatic carbocycles. The molecule has 0 radical (unpaired) electrons. The third kappa shape index (κ3) is 5.79. The zero-order valence-corrected chi connectivity index (χ0v) is 33.1. The van der Waals surface area contributed by atoms with Gasteiger partial charge in [0.2, 0.25) is 0 Å². The standard InChI is InChI=1S/C55H39NO2S/c1-5-17-38(18-6-1)41-29-34-50(47(37-41)39-19-7-2-8-20-39)56(54-52-51(57-35-36-58-52)53(59-54)40-21-9-3-10-22-40)44-32-30-43(31-33-44)55(42-23-11-4-12-24-42)48-27-15-13-25-45(48)46-26-14-16-28-49(46)55/h1-34,37H,35-36H2. The molecule has 0 amide bonds. The minimum Gasteiger partial charge on any atom is -0.485 e. The van der Waals surface area contributed by atoms with Gasteiger partial charge in [0.15, 0.2) is 11.5 Å². The van der Waals surface area contributed by atoms with Gasteiger partial charge < -0.3 is 9.47 Å². The molecule has 0 atom stereocenters. The molecule has 1 aliphatic heterocycles. The Kier molecular flexibility index (Phi) is 8.71. The van der Waals surface area contributed by atoms with Crippen LogP contribution in [-0.2, 0) is 5.41 Å². The van der Waals surface area contributed by atoms with Gasteiger partial charge in [0, 0.05) is 11.3 Å². The quantitative estimate of drug-likeness (QED) is 0.153. The molecule has 9 aromatic rings. The van der Waals surface area contributed by atoms with E-state index in [0.29, 0.717) is 13.2 Å². The molecule has 0 fully saturated rings. The lowest BCUT2D eigenvalue weighted by Gasteiger charge is -2.34. The van der Waals surface area contributed by atoms with E-state index in [1.54, 1.807) is 11.3 Å². The van der Waals surface area contributed by atoms with Crippen LogP contribution < -0.4 is 14.4 Å². The van der Waals surface area contributed by atoms with Crippen molar-refractivity contribution in [1.29, 1.82) is 0 Å². The smallest absolute Gasteiger partial charge is 0.197 e. The highest BCUT2D eigenvalue weighted by Gasteiger charge is 2.46. The Labute approximate surface area is 349 Å². The van der Waals surface area contributed by atoms with Crippen LogP contribution in [0.25, 0.3) is 43.8 Å². The maximum Gasteiger partial charge on any atom is 0.197 e. The molecule has 0 spiro atoms. The van der Waals surface area contributed by atoms with Gasteiger partial charge in [-0.1, -0.05) is 188 Å². The summed E-state index contributed by atoms with van der Waals surface area (Å²) in [6.07, 6.45) is 0. The summed E-state index contributed by atoms with van der Waals surface area (Å²) in [6.45, 7) is 0.984. The van der Waals surface area contributed by atoms with Crippen molar-refractivity contribution in [1.82, 2.24) is 0 Å². The molecule has 0 saturated carbocycles. The highest BCUT2D eigenvalue weighted by atomic mass is 32.1. The SMILES string of the molecule is c1ccc(-c2ccc(N(c3ccc(C4(c5ccccc5)c5ccccc5-c5ccccc54)cc3)c3sc(-c4ccccc4)c4c3OCCO4)c(-c3ccccc3)c2)cc1. The molecular formula is C55H39NO2S. The van der Waals surface area contributed by atoms with E-state index in [0.717, 1.165) is 55.0 Å². The third-order valence-electron chi connectivity index (χ3n) is 11.8. The molecule has 0 bridgehead atoms. The second-order valence-corrected chi connectivity index (χ2v) is 16.0. The first-order valence-electron chi connectivity index (χ1n) is 20.2. The van der Waals surface area contributed by atoms with Gasteiger partial charge in [0.05, 0.1) is 16.0 Å². The summed E-state index contributed by atoms with van der Waals surface area (Å²) >= 11 is 1.71. The van der Waals surface area contributed by atoms with Crippen molar-refractivity contribution in [3.8, 4) is 55.3 Å². The monoisotopic (exact) mass is 777 g/mol. The van der Waals surface area contributed by atoms with Crippen LogP contribution in [0.15, 0.2) is 212 Å². The molecule has 2 heterocycles. The number of fused-ring (bicyclic) bond motifs is 4. The second-order valence-electron chi connectivity index (χ2n) is 15.0. The summed E-state index contributed by atoms with van der Waals surface area (Å²) in [4.78, 5) is 3.44. The maximum atomic E-state index is 6.62. The van der Waals surface area contributed by atoms with Crippen molar-refractivity contribution in [2.24, 2.45) is 0 Å². The zero-order valence-electron chi connectivity index (χ0n) is 32.3. The fourth-order valence-electron chi connectivity index (χ4n) is 9.19. The second kappa shape index (κ2) is 14.7. The van der Waals surface area contributed by atoms with Crippen molar-refractivity contribution >= 4 is 27.7 Å². The maximum absolute atomic E-state index is 6.62. The zero-order chi connectivity index (χ0) is 39.2. The number of ether oxygens (including phenoxy) is 2. The van der Waals surface area contributed by atoms with Crippen molar-refractivity contribution < 1.29 is 9.47 Å². The molecule has 4 heteroatoms. The molecular weight excluding hydrogens is 739 g/mol.